The normalized spacial score (nSPS) is 11.4. The zero-order chi connectivity index (χ0) is 18.7. The molecule has 0 bridgehead atoms. The van der Waals surface area contributed by atoms with Crippen molar-refractivity contribution in [1.29, 1.82) is 0 Å². The molecule has 1 aromatic heterocycles. The highest BCUT2D eigenvalue weighted by atomic mass is 19.4. The summed E-state index contributed by atoms with van der Waals surface area (Å²) in [6.45, 7) is 1.91. The quantitative estimate of drug-likeness (QED) is 0.637. The fraction of sp³-hybridized carbons (Fsp3) is 0.158. The molecular weight excluding hydrogens is 343 g/mol. The number of aromatic nitrogens is 2. The summed E-state index contributed by atoms with van der Waals surface area (Å²) in [7, 11) is 0. The molecule has 0 radical (unpaired) electrons. The van der Waals surface area contributed by atoms with Crippen molar-refractivity contribution in [3.63, 3.8) is 0 Å². The molecule has 0 aliphatic heterocycles. The van der Waals surface area contributed by atoms with Gasteiger partial charge in [0, 0.05) is 35.1 Å². The first-order valence-corrected chi connectivity index (χ1v) is 7.90. The number of aromatic amines is 1. The lowest BCUT2D eigenvalue weighted by Crippen LogP contribution is -2.04. The Hall–Kier alpha value is -3.09. The summed E-state index contributed by atoms with van der Waals surface area (Å²) in [5, 5.41) is 10.1. The number of halogens is 3. The minimum absolute atomic E-state index is 0.0256. The molecule has 3 rings (SSSR count). The topological polar surface area (TPSA) is 57.8 Å². The van der Waals surface area contributed by atoms with Crippen molar-refractivity contribution in [3.8, 4) is 11.3 Å². The Kier molecular flexibility index (Phi) is 4.79. The van der Waals surface area contributed by atoms with Crippen LogP contribution >= 0.6 is 0 Å². The van der Waals surface area contributed by atoms with Gasteiger partial charge >= 0.3 is 6.18 Å². The van der Waals surface area contributed by atoms with E-state index in [0.29, 0.717) is 23.4 Å². The van der Waals surface area contributed by atoms with Gasteiger partial charge in [0.1, 0.15) is 0 Å². The van der Waals surface area contributed by atoms with Crippen LogP contribution in [0.3, 0.4) is 0 Å². The van der Waals surface area contributed by atoms with Gasteiger partial charge in [0.2, 0.25) is 0 Å². The Labute approximate surface area is 148 Å². The van der Waals surface area contributed by atoms with Crippen molar-refractivity contribution in [1.82, 2.24) is 10.2 Å². The zero-order valence-corrected chi connectivity index (χ0v) is 13.9. The third kappa shape index (κ3) is 3.93. The minimum Gasteiger partial charge on any atom is -0.381 e. The van der Waals surface area contributed by atoms with Crippen LogP contribution in [-0.4, -0.2) is 16.0 Å². The van der Waals surface area contributed by atoms with Gasteiger partial charge < -0.3 is 5.32 Å². The van der Waals surface area contributed by atoms with Crippen molar-refractivity contribution in [3.05, 3.63) is 71.4 Å². The van der Waals surface area contributed by atoms with Gasteiger partial charge in [0.25, 0.3) is 0 Å². The fourth-order valence-electron chi connectivity index (χ4n) is 2.56. The summed E-state index contributed by atoms with van der Waals surface area (Å²) in [6, 6.07) is 12.0. The summed E-state index contributed by atoms with van der Waals surface area (Å²) in [5.74, 6) is -0.0256. The van der Waals surface area contributed by atoms with Crippen LogP contribution in [0.25, 0.3) is 11.3 Å². The standard InChI is InChI=1S/C19H16F3N3O/c1-12(26)14-3-2-4-17(9-14)23-10-15-11-24-25-18(15)13-5-7-16(8-6-13)19(20,21)22/h2-9,11,23H,10H2,1H3,(H,24,25). The number of H-pyrrole nitrogens is 1. The van der Waals surface area contributed by atoms with E-state index in [1.54, 1.807) is 24.4 Å². The van der Waals surface area contributed by atoms with Crippen molar-refractivity contribution >= 4 is 11.5 Å². The summed E-state index contributed by atoms with van der Waals surface area (Å²) in [5.41, 5.74) is 2.65. The molecule has 0 aliphatic carbocycles. The van der Waals surface area contributed by atoms with E-state index < -0.39 is 11.7 Å². The van der Waals surface area contributed by atoms with E-state index in [4.69, 9.17) is 0 Å². The number of ketones is 1. The fourth-order valence-corrected chi connectivity index (χ4v) is 2.56. The van der Waals surface area contributed by atoms with Crippen LogP contribution in [0.15, 0.2) is 54.7 Å². The van der Waals surface area contributed by atoms with E-state index in [2.05, 4.69) is 15.5 Å². The number of hydrogen-bond donors (Lipinski definition) is 2. The summed E-state index contributed by atoms with van der Waals surface area (Å²) in [4.78, 5) is 11.4. The molecule has 2 aromatic carbocycles. The second-order valence-electron chi connectivity index (χ2n) is 5.82. The summed E-state index contributed by atoms with van der Waals surface area (Å²) >= 11 is 0. The number of nitrogens with zero attached hydrogens (tertiary/aromatic N) is 1. The molecule has 3 aromatic rings. The lowest BCUT2D eigenvalue weighted by Gasteiger charge is -2.09. The molecule has 0 saturated carbocycles. The largest absolute Gasteiger partial charge is 0.416 e. The highest BCUT2D eigenvalue weighted by Crippen LogP contribution is 2.31. The van der Waals surface area contributed by atoms with Crippen LogP contribution in [0.2, 0.25) is 0 Å². The molecule has 4 nitrogen and oxygen atoms in total. The van der Waals surface area contributed by atoms with E-state index in [0.717, 1.165) is 23.4 Å². The first-order valence-electron chi connectivity index (χ1n) is 7.90. The van der Waals surface area contributed by atoms with Gasteiger partial charge in [-0.2, -0.15) is 18.3 Å². The number of anilines is 1. The zero-order valence-electron chi connectivity index (χ0n) is 13.9. The average molecular weight is 359 g/mol. The molecule has 7 heteroatoms. The van der Waals surface area contributed by atoms with Crippen molar-refractivity contribution in [2.24, 2.45) is 0 Å². The average Bonchev–Trinajstić information content (AvgIpc) is 3.08. The lowest BCUT2D eigenvalue weighted by atomic mass is 10.1. The van der Waals surface area contributed by atoms with E-state index in [1.807, 2.05) is 6.07 Å². The van der Waals surface area contributed by atoms with E-state index in [-0.39, 0.29) is 5.78 Å². The number of hydrogen-bond acceptors (Lipinski definition) is 3. The Morgan fingerprint density at radius 3 is 2.54 bits per heavy atom. The number of carbonyl (C=O) groups is 1. The summed E-state index contributed by atoms with van der Waals surface area (Å²) in [6.07, 6.45) is -2.68. The van der Waals surface area contributed by atoms with Gasteiger partial charge in [-0.05, 0) is 31.2 Å². The van der Waals surface area contributed by atoms with Crippen LogP contribution in [0.4, 0.5) is 18.9 Å². The number of carbonyl (C=O) groups excluding carboxylic acids is 1. The maximum absolute atomic E-state index is 12.7. The van der Waals surface area contributed by atoms with Crippen LogP contribution in [0.5, 0.6) is 0 Å². The Bertz CT molecular complexity index is 914. The number of rotatable bonds is 5. The van der Waals surface area contributed by atoms with Gasteiger partial charge in [-0.3, -0.25) is 9.89 Å². The molecule has 1 heterocycles. The third-order valence-electron chi connectivity index (χ3n) is 3.96. The van der Waals surface area contributed by atoms with Gasteiger partial charge in [0.15, 0.2) is 5.78 Å². The van der Waals surface area contributed by atoms with Crippen molar-refractivity contribution in [2.45, 2.75) is 19.6 Å². The van der Waals surface area contributed by atoms with Crippen LogP contribution in [-0.2, 0) is 12.7 Å². The monoisotopic (exact) mass is 359 g/mol. The van der Waals surface area contributed by atoms with Crippen molar-refractivity contribution < 1.29 is 18.0 Å². The highest BCUT2D eigenvalue weighted by Gasteiger charge is 2.30. The number of Topliss-reactive ketones (excluding diaryl/α,β-unsaturated/α-hetero) is 1. The molecule has 0 unspecified atom stereocenters. The molecule has 0 spiro atoms. The molecular formula is C19H16F3N3O. The highest BCUT2D eigenvalue weighted by molar-refractivity contribution is 5.94. The first kappa shape index (κ1) is 17.7. The minimum atomic E-state index is -4.36. The predicted octanol–water partition coefficient (Wildman–Crippen LogP) is 4.91. The third-order valence-corrected chi connectivity index (χ3v) is 3.96. The number of alkyl halides is 3. The van der Waals surface area contributed by atoms with E-state index >= 15 is 0 Å². The Balaban J connectivity index is 1.77. The number of benzene rings is 2. The SMILES string of the molecule is CC(=O)c1cccc(NCc2c[nH]nc2-c2ccc(C(F)(F)F)cc2)c1. The van der Waals surface area contributed by atoms with Crippen LogP contribution in [0.1, 0.15) is 28.4 Å². The maximum Gasteiger partial charge on any atom is 0.416 e. The molecule has 0 saturated heterocycles. The summed E-state index contributed by atoms with van der Waals surface area (Å²) < 4.78 is 38.1. The Morgan fingerprint density at radius 1 is 1.15 bits per heavy atom. The second-order valence-corrected chi connectivity index (χ2v) is 5.82. The first-order chi connectivity index (χ1) is 12.3. The molecule has 26 heavy (non-hydrogen) atoms. The van der Waals surface area contributed by atoms with Crippen LogP contribution in [0, 0.1) is 0 Å². The predicted molar refractivity (Wildman–Crippen MR) is 92.8 cm³/mol. The van der Waals surface area contributed by atoms with E-state index in [1.165, 1.54) is 19.1 Å². The number of nitrogens with one attached hydrogen (secondary N) is 2. The Morgan fingerprint density at radius 2 is 1.88 bits per heavy atom. The van der Waals surface area contributed by atoms with Gasteiger partial charge in [0.05, 0.1) is 11.3 Å². The van der Waals surface area contributed by atoms with Gasteiger partial charge in [-0.25, -0.2) is 0 Å². The van der Waals surface area contributed by atoms with Gasteiger partial charge in [-0.15, -0.1) is 0 Å². The smallest absolute Gasteiger partial charge is 0.381 e. The molecule has 0 atom stereocenters. The molecule has 0 amide bonds. The molecule has 134 valence electrons. The lowest BCUT2D eigenvalue weighted by molar-refractivity contribution is -0.137. The molecule has 0 aliphatic rings. The second kappa shape index (κ2) is 7.03. The molecule has 0 fully saturated rings. The van der Waals surface area contributed by atoms with E-state index in [9.17, 15) is 18.0 Å². The van der Waals surface area contributed by atoms with Gasteiger partial charge in [-0.1, -0.05) is 24.3 Å². The van der Waals surface area contributed by atoms with Crippen molar-refractivity contribution in [2.75, 3.05) is 5.32 Å². The maximum atomic E-state index is 12.7. The van der Waals surface area contributed by atoms with Crippen LogP contribution < -0.4 is 5.32 Å². The molecule has 2 N–H and O–H groups in total.